The van der Waals surface area contributed by atoms with E-state index >= 15 is 0 Å². The molecule has 0 atom stereocenters. The van der Waals surface area contributed by atoms with Crippen molar-refractivity contribution in [3.05, 3.63) is 58.9 Å². The Labute approximate surface area is 149 Å². The van der Waals surface area contributed by atoms with Crippen LogP contribution in [0.5, 0.6) is 0 Å². The molecule has 1 aromatic heterocycles. The molecular formula is C18H19N3O3S. The first-order chi connectivity index (χ1) is 12.2. The van der Waals surface area contributed by atoms with Crippen LogP contribution in [0, 0.1) is 0 Å². The summed E-state index contributed by atoms with van der Waals surface area (Å²) in [6.07, 6.45) is -0.483. The molecule has 3 rings (SSSR count). The molecule has 1 heterocycles. The van der Waals surface area contributed by atoms with Crippen LogP contribution in [0.3, 0.4) is 0 Å². The largest absolute Gasteiger partial charge is 0.444 e. The van der Waals surface area contributed by atoms with Crippen molar-refractivity contribution in [1.29, 1.82) is 0 Å². The quantitative estimate of drug-likeness (QED) is 0.706. The van der Waals surface area contributed by atoms with E-state index in [1.165, 1.54) is 11.3 Å². The molecule has 0 radical (unpaired) electrons. The molecule has 3 aromatic rings. The molecule has 0 aliphatic rings. The molecule has 130 valence electrons. The Morgan fingerprint density at radius 2 is 2.04 bits per heavy atom. The van der Waals surface area contributed by atoms with Crippen molar-refractivity contribution < 1.29 is 14.4 Å². The number of aryl methyl sites for hydroxylation is 1. The Balaban J connectivity index is 1.70. The normalized spacial score (nSPS) is 11.5. The minimum absolute atomic E-state index is 0.236. The molecule has 0 saturated carbocycles. The Bertz CT molecular complexity index is 932. The third-order valence-corrected chi connectivity index (χ3v) is 4.62. The van der Waals surface area contributed by atoms with Gasteiger partial charge in [-0.05, 0) is 30.7 Å². The first-order valence-electron chi connectivity index (χ1n) is 7.90. The number of aromatic nitrogens is 1. The Morgan fingerprint density at radius 3 is 2.80 bits per heavy atom. The minimum Gasteiger partial charge on any atom is -0.444 e. The summed E-state index contributed by atoms with van der Waals surface area (Å²) in [4.78, 5) is 17.8. The third-order valence-electron chi connectivity index (χ3n) is 3.54. The summed E-state index contributed by atoms with van der Waals surface area (Å²) < 4.78 is 8.19. The van der Waals surface area contributed by atoms with Gasteiger partial charge in [0, 0.05) is 12.7 Å². The fourth-order valence-corrected chi connectivity index (χ4v) is 3.31. The molecule has 7 heteroatoms. The first kappa shape index (κ1) is 17.0. The molecule has 2 aromatic carbocycles. The fraction of sp³-hybridized carbons (Fsp3) is 0.222. The zero-order valence-corrected chi connectivity index (χ0v) is 14.9. The predicted molar refractivity (Wildman–Crippen MR) is 98.2 cm³/mol. The van der Waals surface area contributed by atoms with E-state index in [0.29, 0.717) is 12.3 Å². The monoisotopic (exact) mass is 357 g/mol. The van der Waals surface area contributed by atoms with Crippen molar-refractivity contribution >= 4 is 33.3 Å². The number of hydrogen-bond acceptors (Lipinski definition) is 5. The maximum atomic E-state index is 12.0. The van der Waals surface area contributed by atoms with E-state index in [1.807, 2.05) is 67.1 Å². The first-order valence-corrected chi connectivity index (χ1v) is 8.72. The number of rotatable bonds is 5. The Morgan fingerprint density at radius 1 is 1.24 bits per heavy atom. The highest BCUT2D eigenvalue weighted by Crippen LogP contribution is 2.21. The number of ether oxygens (including phenoxy) is 1. The van der Waals surface area contributed by atoms with Gasteiger partial charge in [0.2, 0.25) is 4.80 Å². The number of thiazole rings is 1. The van der Waals surface area contributed by atoms with Crippen LogP contribution >= 0.6 is 11.3 Å². The standard InChI is InChI=1S/C18H19N3O3S/c1-3-24-20-17-21(2)15-10-9-14(11-16(15)25-17)19-18(22)23-12-13-7-5-4-6-8-13/h4-11H,3,12H2,1-2H3,(H,19,22)/b20-17-. The molecule has 0 bridgehead atoms. The molecule has 1 N–H and O–H groups in total. The third kappa shape index (κ3) is 4.19. The van der Waals surface area contributed by atoms with Crippen molar-refractivity contribution in [3.63, 3.8) is 0 Å². The van der Waals surface area contributed by atoms with Crippen LogP contribution in [0.4, 0.5) is 10.5 Å². The van der Waals surface area contributed by atoms with E-state index in [9.17, 15) is 4.79 Å². The van der Waals surface area contributed by atoms with Gasteiger partial charge in [-0.2, -0.15) is 0 Å². The number of anilines is 1. The summed E-state index contributed by atoms with van der Waals surface area (Å²) in [6.45, 7) is 2.65. The van der Waals surface area contributed by atoms with E-state index in [4.69, 9.17) is 9.57 Å². The molecule has 1 amide bonds. The number of benzene rings is 2. The summed E-state index contributed by atoms with van der Waals surface area (Å²) in [6, 6.07) is 15.2. The van der Waals surface area contributed by atoms with E-state index < -0.39 is 6.09 Å². The predicted octanol–water partition coefficient (Wildman–Crippen LogP) is 3.84. The van der Waals surface area contributed by atoms with E-state index in [0.717, 1.165) is 20.6 Å². The van der Waals surface area contributed by atoms with E-state index in [1.54, 1.807) is 0 Å². The second-order valence-corrected chi connectivity index (χ2v) is 6.33. The van der Waals surface area contributed by atoms with Gasteiger partial charge < -0.3 is 14.1 Å². The lowest BCUT2D eigenvalue weighted by Gasteiger charge is -2.07. The number of nitrogens with one attached hydrogen (secondary N) is 1. The van der Waals surface area contributed by atoms with Gasteiger partial charge in [-0.15, -0.1) is 0 Å². The summed E-state index contributed by atoms with van der Waals surface area (Å²) in [5, 5.41) is 6.84. The summed E-state index contributed by atoms with van der Waals surface area (Å²) >= 11 is 1.49. The highest BCUT2D eigenvalue weighted by atomic mass is 32.1. The molecular weight excluding hydrogens is 338 g/mol. The second kappa shape index (κ2) is 7.85. The zero-order valence-electron chi connectivity index (χ0n) is 14.1. The number of carbonyl (C=O) groups is 1. The molecule has 0 saturated heterocycles. The lowest BCUT2D eigenvalue weighted by molar-refractivity contribution is 0.146. The number of fused-ring (bicyclic) bond motifs is 1. The van der Waals surface area contributed by atoms with Gasteiger partial charge in [0.25, 0.3) is 0 Å². The van der Waals surface area contributed by atoms with E-state index in [2.05, 4.69) is 10.5 Å². The van der Waals surface area contributed by atoms with Gasteiger partial charge in [-0.3, -0.25) is 5.32 Å². The van der Waals surface area contributed by atoms with Gasteiger partial charge in [0.15, 0.2) is 0 Å². The molecule has 0 fully saturated rings. The lowest BCUT2D eigenvalue weighted by Crippen LogP contribution is -2.13. The molecule has 0 unspecified atom stereocenters. The highest BCUT2D eigenvalue weighted by molar-refractivity contribution is 7.16. The number of amides is 1. The lowest BCUT2D eigenvalue weighted by atomic mass is 10.2. The Hall–Kier alpha value is -2.80. The smallest absolute Gasteiger partial charge is 0.411 e. The second-order valence-electron chi connectivity index (χ2n) is 5.32. The SMILES string of the molecule is CCO/N=c1\sc2cc(NC(=O)OCc3ccccc3)ccc2n1C. The molecule has 6 nitrogen and oxygen atoms in total. The fourth-order valence-electron chi connectivity index (χ4n) is 2.30. The summed E-state index contributed by atoms with van der Waals surface area (Å²) in [5.41, 5.74) is 2.64. The van der Waals surface area contributed by atoms with Crippen LogP contribution in [0.2, 0.25) is 0 Å². The van der Waals surface area contributed by atoms with E-state index in [-0.39, 0.29) is 6.61 Å². The van der Waals surface area contributed by atoms with Gasteiger partial charge in [-0.25, -0.2) is 4.79 Å². The molecule has 0 aliphatic heterocycles. The summed E-state index contributed by atoms with van der Waals surface area (Å²) in [7, 11) is 1.93. The summed E-state index contributed by atoms with van der Waals surface area (Å²) in [5.74, 6) is 0. The van der Waals surface area contributed by atoms with Crippen LogP contribution in [-0.2, 0) is 23.2 Å². The maximum absolute atomic E-state index is 12.0. The number of nitrogens with zero attached hydrogens (tertiary/aromatic N) is 2. The van der Waals surface area contributed by atoms with Crippen LogP contribution in [0.25, 0.3) is 10.2 Å². The van der Waals surface area contributed by atoms with Crippen molar-refractivity contribution in [3.8, 4) is 0 Å². The zero-order chi connectivity index (χ0) is 17.6. The molecule has 25 heavy (non-hydrogen) atoms. The molecule has 0 aliphatic carbocycles. The van der Waals surface area contributed by atoms with Crippen LogP contribution < -0.4 is 10.1 Å². The van der Waals surface area contributed by atoms with Crippen LogP contribution in [0.15, 0.2) is 53.7 Å². The molecule has 0 spiro atoms. The number of hydrogen-bond donors (Lipinski definition) is 1. The van der Waals surface area contributed by atoms with Crippen LogP contribution in [-0.4, -0.2) is 17.3 Å². The maximum Gasteiger partial charge on any atom is 0.411 e. The van der Waals surface area contributed by atoms with Crippen LogP contribution in [0.1, 0.15) is 12.5 Å². The highest BCUT2D eigenvalue weighted by Gasteiger charge is 2.08. The van der Waals surface area contributed by atoms with Gasteiger partial charge in [-0.1, -0.05) is 46.8 Å². The topological polar surface area (TPSA) is 64.8 Å². The average Bonchev–Trinajstić information content (AvgIpc) is 2.94. The minimum atomic E-state index is -0.483. The van der Waals surface area contributed by atoms with Gasteiger partial charge in [0.05, 0.1) is 10.2 Å². The number of carbonyl (C=O) groups excluding carboxylic acids is 1. The van der Waals surface area contributed by atoms with Crippen molar-refractivity contribution in [2.75, 3.05) is 11.9 Å². The Kier molecular flexibility index (Phi) is 5.35. The van der Waals surface area contributed by atoms with Gasteiger partial charge in [0.1, 0.15) is 13.2 Å². The van der Waals surface area contributed by atoms with Gasteiger partial charge >= 0.3 is 6.09 Å². The average molecular weight is 357 g/mol. The van der Waals surface area contributed by atoms with Crippen molar-refractivity contribution in [2.45, 2.75) is 13.5 Å². The van der Waals surface area contributed by atoms with Crippen molar-refractivity contribution in [2.24, 2.45) is 12.2 Å². The van der Waals surface area contributed by atoms with Crippen molar-refractivity contribution in [1.82, 2.24) is 4.57 Å².